The third kappa shape index (κ3) is 3.03. The lowest BCUT2D eigenvalue weighted by Crippen LogP contribution is -2.07. The van der Waals surface area contributed by atoms with Gasteiger partial charge in [0.15, 0.2) is 0 Å². The number of ether oxygens (including phenoxy) is 2. The Balaban J connectivity index is 2.86. The van der Waals surface area contributed by atoms with Crippen LogP contribution in [-0.2, 0) is 4.74 Å². The number of esters is 1. The molecule has 1 aromatic rings. The predicted molar refractivity (Wildman–Crippen MR) is 56.7 cm³/mol. The summed E-state index contributed by atoms with van der Waals surface area (Å²) in [6, 6.07) is 6.84. The second-order valence-corrected chi connectivity index (χ2v) is 2.71. The van der Waals surface area contributed by atoms with E-state index in [9.17, 15) is 4.79 Å². The lowest BCUT2D eigenvalue weighted by Gasteiger charge is -2.08. The van der Waals surface area contributed by atoms with Crippen LogP contribution < -0.4 is 4.74 Å². The highest BCUT2D eigenvalue weighted by atomic mass is 16.5. The van der Waals surface area contributed by atoms with Crippen LogP contribution in [0, 0.1) is 12.3 Å². The lowest BCUT2D eigenvalue weighted by molar-refractivity contribution is 0.0522. The van der Waals surface area contributed by atoms with E-state index in [1.807, 2.05) is 0 Å². The van der Waals surface area contributed by atoms with Crippen molar-refractivity contribution in [3.63, 3.8) is 0 Å². The van der Waals surface area contributed by atoms with Gasteiger partial charge in [0, 0.05) is 0 Å². The fourth-order valence-electron chi connectivity index (χ4n) is 1.09. The highest BCUT2D eigenvalue weighted by molar-refractivity contribution is 5.92. The van der Waals surface area contributed by atoms with E-state index in [2.05, 4.69) is 5.92 Å². The zero-order valence-corrected chi connectivity index (χ0v) is 8.53. The van der Waals surface area contributed by atoms with Crippen LogP contribution in [0.5, 0.6) is 5.75 Å². The molecule has 0 aromatic heterocycles. The van der Waals surface area contributed by atoms with Gasteiger partial charge in [-0.2, -0.15) is 0 Å². The average molecular weight is 204 g/mol. The van der Waals surface area contributed by atoms with Gasteiger partial charge in [-0.3, -0.25) is 0 Å². The van der Waals surface area contributed by atoms with Gasteiger partial charge in [0.05, 0.1) is 6.61 Å². The van der Waals surface area contributed by atoms with E-state index in [1.54, 1.807) is 31.2 Å². The highest BCUT2D eigenvalue weighted by Crippen LogP contribution is 2.18. The van der Waals surface area contributed by atoms with Crippen LogP contribution in [-0.4, -0.2) is 19.2 Å². The maximum absolute atomic E-state index is 11.5. The molecule has 0 amide bonds. The predicted octanol–water partition coefficient (Wildman–Crippen LogP) is 1.88. The Morgan fingerprint density at radius 2 is 2.20 bits per heavy atom. The number of carbonyl (C=O) groups excluding carboxylic acids is 1. The zero-order chi connectivity index (χ0) is 11.1. The monoisotopic (exact) mass is 204 g/mol. The van der Waals surface area contributed by atoms with Crippen LogP contribution in [0.3, 0.4) is 0 Å². The standard InChI is InChI=1S/C12H12O3/c1-3-9-15-11-8-6-5-7-10(11)12(13)14-4-2/h1,5-8H,4,9H2,2H3. The fourth-order valence-corrected chi connectivity index (χ4v) is 1.09. The number of terminal acetylenes is 1. The largest absolute Gasteiger partial charge is 0.480 e. The van der Waals surface area contributed by atoms with E-state index in [4.69, 9.17) is 15.9 Å². The summed E-state index contributed by atoms with van der Waals surface area (Å²) in [6.07, 6.45) is 5.07. The second kappa shape index (κ2) is 5.71. The zero-order valence-electron chi connectivity index (χ0n) is 8.53. The van der Waals surface area contributed by atoms with Gasteiger partial charge >= 0.3 is 5.97 Å². The molecule has 3 heteroatoms. The molecule has 3 nitrogen and oxygen atoms in total. The third-order valence-electron chi connectivity index (χ3n) is 1.69. The van der Waals surface area contributed by atoms with Gasteiger partial charge in [-0.05, 0) is 19.1 Å². The highest BCUT2D eigenvalue weighted by Gasteiger charge is 2.12. The van der Waals surface area contributed by atoms with Crippen molar-refractivity contribution in [2.24, 2.45) is 0 Å². The lowest BCUT2D eigenvalue weighted by atomic mass is 10.2. The topological polar surface area (TPSA) is 35.5 Å². The molecule has 0 aliphatic carbocycles. The van der Waals surface area contributed by atoms with E-state index in [1.165, 1.54) is 0 Å². The number of benzene rings is 1. The molecule has 0 heterocycles. The Morgan fingerprint density at radius 1 is 1.47 bits per heavy atom. The van der Waals surface area contributed by atoms with Gasteiger partial charge < -0.3 is 9.47 Å². The first-order valence-electron chi connectivity index (χ1n) is 4.62. The van der Waals surface area contributed by atoms with Crippen molar-refractivity contribution in [1.82, 2.24) is 0 Å². The molecular formula is C12H12O3. The number of hydrogen-bond donors (Lipinski definition) is 0. The second-order valence-electron chi connectivity index (χ2n) is 2.71. The molecule has 0 saturated heterocycles. The average Bonchev–Trinajstić information content (AvgIpc) is 2.27. The summed E-state index contributed by atoms with van der Waals surface area (Å²) < 4.78 is 10.1. The molecule has 0 aliphatic heterocycles. The Hall–Kier alpha value is -1.95. The molecule has 0 N–H and O–H groups in total. The SMILES string of the molecule is C#CCOc1ccccc1C(=O)OCC. The van der Waals surface area contributed by atoms with Crippen molar-refractivity contribution in [3.05, 3.63) is 29.8 Å². The number of hydrogen-bond acceptors (Lipinski definition) is 3. The molecule has 0 saturated carbocycles. The molecule has 0 spiro atoms. The summed E-state index contributed by atoms with van der Waals surface area (Å²) >= 11 is 0. The molecule has 0 radical (unpaired) electrons. The maximum Gasteiger partial charge on any atom is 0.341 e. The van der Waals surface area contributed by atoms with Crippen molar-refractivity contribution in [2.45, 2.75) is 6.92 Å². The molecule has 1 aromatic carbocycles. The van der Waals surface area contributed by atoms with E-state index in [0.717, 1.165) is 0 Å². The molecule has 1 rings (SSSR count). The molecule has 0 unspecified atom stereocenters. The van der Waals surface area contributed by atoms with Gasteiger partial charge in [-0.25, -0.2) is 4.79 Å². The van der Waals surface area contributed by atoms with Crippen molar-refractivity contribution in [1.29, 1.82) is 0 Å². The van der Waals surface area contributed by atoms with Crippen LogP contribution in [0.4, 0.5) is 0 Å². The normalized spacial score (nSPS) is 9.07. The minimum absolute atomic E-state index is 0.135. The van der Waals surface area contributed by atoms with E-state index < -0.39 is 5.97 Å². The Kier molecular flexibility index (Phi) is 4.24. The third-order valence-corrected chi connectivity index (χ3v) is 1.69. The molecule has 78 valence electrons. The molecule has 0 fully saturated rings. The summed E-state index contributed by atoms with van der Waals surface area (Å²) in [5.74, 6) is 2.39. The summed E-state index contributed by atoms with van der Waals surface area (Å²) in [5, 5.41) is 0. The summed E-state index contributed by atoms with van der Waals surface area (Å²) in [4.78, 5) is 11.5. The quantitative estimate of drug-likeness (QED) is 0.555. The van der Waals surface area contributed by atoms with Gasteiger partial charge in [0.25, 0.3) is 0 Å². The van der Waals surface area contributed by atoms with Crippen molar-refractivity contribution >= 4 is 5.97 Å². The first-order valence-corrected chi connectivity index (χ1v) is 4.62. The van der Waals surface area contributed by atoms with E-state index in [0.29, 0.717) is 17.9 Å². The Labute approximate surface area is 89.0 Å². The summed E-state index contributed by atoms with van der Waals surface area (Å²) in [7, 11) is 0. The Morgan fingerprint density at radius 3 is 2.87 bits per heavy atom. The molecule has 15 heavy (non-hydrogen) atoms. The first-order chi connectivity index (χ1) is 7.29. The van der Waals surface area contributed by atoms with Crippen LogP contribution in [0.2, 0.25) is 0 Å². The summed E-state index contributed by atoms with van der Waals surface area (Å²) in [5.41, 5.74) is 0.398. The van der Waals surface area contributed by atoms with E-state index in [-0.39, 0.29) is 6.61 Å². The first kappa shape index (κ1) is 11.1. The number of rotatable bonds is 4. The summed E-state index contributed by atoms with van der Waals surface area (Å²) in [6.45, 7) is 2.22. The van der Waals surface area contributed by atoms with E-state index >= 15 is 0 Å². The minimum atomic E-state index is -0.398. The fraction of sp³-hybridized carbons (Fsp3) is 0.250. The maximum atomic E-state index is 11.5. The Bertz CT molecular complexity index is 377. The van der Waals surface area contributed by atoms with Crippen molar-refractivity contribution in [3.8, 4) is 18.1 Å². The van der Waals surface area contributed by atoms with Gasteiger partial charge in [-0.15, -0.1) is 6.42 Å². The van der Waals surface area contributed by atoms with Gasteiger partial charge in [0.2, 0.25) is 0 Å². The van der Waals surface area contributed by atoms with Crippen LogP contribution >= 0.6 is 0 Å². The molecule has 0 atom stereocenters. The van der Waals surface area contributed by atoms with Crippen LogP contribution in [0.25, 0.3) is 0 Å². The smallest absolute Gasteiger partial charge is 0.341 e. The van der Waals surface area contributed by atoms with Crippen molar-refractivity contribution < 1.29 is 14.3 Å². The molecule has 0 bridgehead atoms. The molecule has 0 aliphatic rings. The van der Waals surface area contributed by atoms with Gasteiger partial charge in [-0.1, -0.05) is 18.1 Å². The number of carbonyl (C=O) groups is 1. The van der Waals surface area contributed by atoms with Crippen LogP contribution in [0.15, 0.2) is 24.3 Å². The minimum Gasteiger partial charge on any atom is -0.480 e. The van der Waals surface area contributed by atoms with Crippen LogP contribution in [0.1, 0.15) is 17.3 Å². The molecular weight excluding hydrogens is 192 g/mol. The van der Waals surface area contributed by atoms with Crippen molar-refractivity contribution in [2.75, 3.05) is 13.2 Å². The van der Waals surface area contributed by atoms with Gasteiger partial charge in [0.1, 0.15) is 17.9 Å². The number of para-hydroxylation sites is 1.